The summed E-state index contributed by atoms with van der Waals surface area (Å²) in [5.41, 5.74) is 7.07. The second-order valence-corrected chi connectivity index (χ2v) is 4.54. The molecule has 4 N–H and O–H groups in total. The molecule has 0 saturated heterocycles. The van der Waals surface area contributed by atoms with E-state index in [1.807, 2.05) is 12.1 Å². The summed E-state index contributed by atoms with van der Waals surface area (Å²) in [6, 6.07) is 5.23. The van der Waals surface area contributed by atoms with Crippen LogP contribution < -0.4 is 20.7 Å². The molecule has 0 fully saturated rings. The summed E-state index contributed by atoms with van der Waals surface area (Å²) in [5, 5.41) is 12.9. The number of aliphatic hydroxyl groups is 1. The van der Waals surface area contributed by atoms with Crippen LogP contribution in [0.15, 0.2) is 18.2 Å². The molecule has 1 aliphatic rings. The van der Waals surface area contributed by atoms with Crippen LogP contribution in [0.5, 0.6) is 5.75 Å². The van der Waals surface area contributed by atoms with Crippen molar-refractivity contribution in [3.8, 4) is 5.75 Å². The van der Waals surface area contributed by atoms with Gasteiger partial charge >= 0.3 is 0 Å². The molecule has 0 bridgehead atoms. The summed E-state index contributed by atoms with van der Waals surface area (Å²) in [7, 11) is 3.47. The number of benzene rings is 1. The van der Waals surface area contributed by atoms with E-state index in [0.29, 0.717) is 11.4 Å². The van der Waals surface area contributed by atoms with Crippen molar-refractivity contribution in [3.05, 3.63) is 23.8 Å². The molecule has 0 aromatic heterocycles. The van der Waals surface area contributed by atoms with Gasteiger partial charge in [-0.3, -0.25) is 4.79 Å². The van der Waals surface area contributed by atoms with Crippen LogP contribution in [-0.4, -0.2) is 44.4 Å². The maximum absolute atomic E-state index is 11.6. The number of rotatable bonds is 4. The average Bonchev–Trinajstić information content (AvgIpc) is 2.44. The molecule has 1 amide bonds. The van der Waals surface area contributed by atoms with Gasteiger partial charge in [-0.2, -0.15) is 0 Å². The van der Waals surface area contributed by atoms with E-state index < -0.39 is 6.10 Å². The lowest BCUT2D eigenvalue weighted by Crippen LogP contribution is -2.37. The summed E-state index contributed by atoms with van der Waals surface area (Å²) < 4.78 is 5.36. The number of anilines is 1. The molecule has 1 aromatic rings. The van der Waals surface area contributed by atoms with Crippen LogP contribution in [0.2, 0.25) is 0 Å². The third-order valence-electron chi connectivity index (χ3n) is 3.37. The Labute approximate surface area is 112 Å². The molecule has 0 spiro atoms. The Morgan fingerprint density at radius 1 is 1.58 bits per heavy atom. The first-order valence-corrected chi connectivity index (χ1v) is 6.17. The van der Waals surface area contributed by atoms with Gasteiger partial charge in [0.25, 0.3) is 5.91 Å². The molecule has 0 aliphatic carbocycles. The van der Waals surface area contributed by atoms with E-state index in [1.54, 1.807) is 25.1 Å². The Bertz CT molecular complexity index is 478. The molecule has 6 heteroatoms. The van der Waals surface area contributed by atoms with E-state index in [1.165, 1.54) is 0 Å². The van der Waals surface area contributed by atoms with Crippen LogP contribution >= 0.6 is 0 Å². The molecule has 1 aliphatic heterocycles. The minimum absolute atomic E-state index is 0.0593. The van der Waals surface area contributed by atoms with Gasteiger partial charge < -0.3 is 25.8 Å². The Balaban J connectivity index is 2.36. The maximum Gasteiger partial charge on any atom is 0.264 e. The number of nitrogens with two attached hydrogens (primary N) is 1. The van der Waals surface area contributed by atoms with E-state index in [-0.39, 0.29) is 25.1 Å². The Morgan fingerprint density at radius 2 is 2.32 bits per heavy atom. The zero-order valence-electron chi connectivity index (χ0n) is 11.1. The van der Waals surface area contributed by atoms with Crippen molar-refractivity contribution >= 4 is 11.6 Å². The normalized spacial score (nSPS) is 17.7. The number of likely N-dealkylation sites (N-methyl/N-ethyl adjacent to an activating group) is 2. The van der Waals surface area contributed by atoms with Gasteiger partial charge in [-0.1, -0.05) is 6.07 Å². The van der Waals surface area contributed by atoms with Crippen molar-refractivity contribution in [1.29, 1.82) is 0 Å². The van der Waals surface area contributed by atoms with Crippen molar-refractivity contribution in [2.24, 2.45) is 5.73 Å². The van der Waals surface area contributed by atoms with Gasteiger partial charge in [0.15, 0.2) is 6.61 Å². The molecule has 19 heavy (non-hydrogen) atoms. The zero-order valence-corrected chi connectivity index (χ0v) is 11.1. The van der Waals surface area contributed by atoms with Gasteiger partial charge in [0.2, 0.25) is 0 Å². The number of hydrogen-bond donors (Lipinski definition) is 3. The summed E-state index contributed by atoms with van der Waals surface area (Å²) in [6.45, 7) is 0.220. The number of carbonyl (C=O) groups excluding carboxylic acids is 1. The highest BCUT2D eigenvalue weighted by Gasteiger charge is 2.25. The first kappa shape index (κ1) is 13.8. The SMILES string of the molecule is CNC(c1ccc2c(c1)N(C)C(=O)CO2)C(O)CN. The highest BCUT2D eigenvalue weighted by atomic mass is 16.5. The second kappa shape index (κ2) is 5.56. The lowest BCUT2D eigenvalue weighted by atomic mass is 10.00. The van der Waals surface area contributed by atoms with E-state index in [4.69, 9.17) is 10.5 Å². The number of nitrogens with one attached hydrogen (secondary N) is 1. The minimum atomic E-state index is -0.687. The van der Waals surface area contributed by atoms with Crippen LogP contribution in [-0.2, 0) is 4.79 Å². The molecule has 2 atom stereocenters. The highest BCUT2D eigenvalue weighted by Crippen LogP contribution is 2.34. The minimum Gasteiger partial charge on any atom is -0.482 e. The van der Waals surface area contributed by atoms with Gasteiger partial charge in [-0.15, -0.1) is 0 Å². The summed E-state index contributed by atoms with van der Waals surface area (Å²) in [4.78, 5) is 13.2. The van der Waals surface area contributed by atoms with Crippen molar-refractivity contribution in [2.75, 3.05) is 32.1 Å². The predicted octanol–water partition coefficient (Wildman–Crippen LogP) is -0.378. The van der Waals surface area contributed by atoms with E-state index in [2.05, 4.69) is 5.32 Å². The van der Waals surface area contributed by atoms with E-state index >= 15 is 0 Å². The second-order valence-electron chi connectivity index (χ2n) is 4.54. The van der Waals surface area contributed by atoms with Crippen LogP contribution in [0.3, 0.4) is 0 Å². The number of amides is 1. The molecule has 0 radical (unpaired) electrons. The summed E-state index contributed by atoms with van der Waals surface area (Å²) in [6.07, 6.45) is -0.687. The van der Waals surface area contributed by atoms with Gasteiger partial charge in [0, 0.05) is 13.6 Å². The lowest BCUT2D eigenvalue weighted by Gasteiger charge is -2.28. The maximum atomic E-state index is 11.6. The third-order valence-corrected chi connectivity index (χ3v) is 3.37. The van der Waals surface area contributed by atoms with E-state index in [0.717, 1.165) is 5.56 Å². The Hall–Kier alpha value is -1.63. The quantitative estimate of drug-likeness (QED) is 0.691. The van der Waals surface area contributed by atoms with Crippen LogP contribution in [0, 0.1) is 0 Å². The fourth-order valence-corrected chi connectivity index (χ4v) is 2.20. The van der Waals surface area contributed by atoms with Crippen molar-refractivity contribution in [1.82, 2.24) is 5.32 Å². The number of carbonyl (C=O) groups is 1. The standard InChI is InChI=1S/C13H19N3O3/c1-15-13(10(17)6-14)8-3-4-11-9(5-8)16(2)12(18)7-19-11/h3-5,10,13,15,17H,6-7,14H2,1-2H3. The Kier molecular flexibility index (Phi) is 4.04. The largest absolute Gasteiger partial charge is 0.482 e. The molecule has 104 valence electrons. The fourth-order valence-electron chi connectivity index (χ4n) is 2.20. The average molecular weight is 265 g/mol. The lowest BCUT2D eigenvalue weighted by molar-refractivity contribution is -0.120. The van der Waals surface area contributed by atoms with Gasteiger partial charge in [0.05, 0.1) is 17.8 Å². The Morgan fingerprint density at radius 3 is 2.95 bits per heavy atom. The summed E-state index contributed by atoms with van der Waals surface area (Å²) in [5.74, 6) is 0.577. The van der Waals surface area contributed by atoms with Gasteiger partial charge in [-0.05, 0) is 24.7 Å². The first-order valence-electron chi connectivity index (χ1n) is 6.17. The fraction of sp³-hybridized carbons (Fsp3) is 0.462. The number of ether oxygens (including phenoxy) is 1. The predicted molar refractivity (Wildman–Crippen MR) is 72.2 cm³/mol. The monoisotopic (exact) mass is 265 g/mol. The molecular weight excluding hydrogens is 246 g/mol. The molecule has 2 unspecified atom stereocenters. The first-order chi connectivity index (χ1) is 9.08. The van der Waals surface area contributed by atoms with Crippen molar-refractivity contribution in [2.45, 2.75) is 12.1 Å². The molecule has 1 heterocycles. The number of hydrogen-bond acceptors (Lipinski definition) is 5. The number of fused-ring (bicyclic) bond motifs is 1. The molecule has 1 aromatic carbocycles. The van der Waals surface area contributed by atoms with Crippen LogP contribution in [0.4, 0.5) is 5.69 Å². The zero-order chi connectivity index (χ0) is 14.0. The van der Waals surface area contributed by atoms with Crippen molar-refractivity contribution in [3.63, 3.8) is 0 Å². The van der Waals surface area contributed by atoms with E-state index in [9.17, 15) is 9.90 Å². The molecule has 0 saturated carbocycles. The van der Waals surface area contributed by atoms with Gasteiger partial charge in [-0.25, -0.2) is 0 Å². The highest BCUT2D eigenvalue weighted by molar-refractivity contribution is 5.97. The van der Waals surface area contributed by atoms with Crippen LogP contribution in [0.25, 0.3) is 0 Å². The molecule has 6 nitrogen and oxygen atoms in total. The molecular formula is C13H19N3O3. The van der Waals surface area contributed by atoms with Gasteiger partial charge in [0.1, 0.15) is 5.75 Å². The van der Waals surface area contributed by atoms with Crippen LogP contribution in [0.1, 0.15) is 11.6 Å². The number of aliphatic hydroxyl groups excluding tert-OH is 1. The summed E-state index contributed by atoms with van der Waals surface area (Å²) >= 11 is 0. The number of nitrogens with zero attached hydrogens (tertiary/aromatic N) is 1. The van der Waals surface area contributed by atoms with Crippen molar-refractivity contribution < 1.29 is 14.6 Å². The molecule has 2 rings (SSSR count). The smallest absolute Gasteiger partial charge is 0.264 e. The topological polar surface area (TPSA) is 87.8 Å². The third kappa shape index (κ3) is 2.56.